The van der Waals surface area contributed by atoms with Crippen LogP contribution in [-0.4, -0.2) is 13.1 Å². The van der Waals surface area contributed by atoms with E-state index in [0.29, 0.717) is 16.9 Å². The van der Waals surface area contributed by atoms with E-state index in [9.17, 15) is 4.39 Å². The lowest BCUT2D eigenvalue weighted by molar-refractivity contribution is 0.349. The third kappa shape index (κ3) is 2.50. The van der Waals surface area contributed by atoms with Crippen molar-refractivity contribution in [1.29, 1.82) is 0 Å². The predicted octanol–water partition coefficient (Wildman–Crippen LogP) is 3.19. The fourth-order valence-electron chi connectivity index (χ4n) is 2.30. The van der Waals surface area contributed by atoms with Gasteiger partial charge in [0.05, 0.1) is 0 Å². The van der Waals surface area contributed by atoms with Crippen LogP contribution in [-0.2, 0) is 0 Å². The highest BCUT2D eigenvalue weighted by molar-refractivity contribution is 6.30. The normalized spacial score (nSPS) is 26.6. The smallest absolute Gasteiger partial charge is 0.124 e. The number of benzene rings is 1. The molecule has 2 atom stereocenters. The molecule has 0 aromatic heterocycles. The van der Waals surface area contributed by atoms with E-state index in [4.69, 9.17) is 11.6 Å². The van der Waals surface area contributed by atoms with Crippen LogP contribution in [0.1, 0.15) is 24.8 Å². The lowest BCUT2D eigenvalue weighted by atomic mass is 9.82. The molecule has 0 aliphatic carbocycles. The molecule has 2 rings (SSSR count). The van der Waals surface area contributed by atoms with Crippen molar-refractivity contribution in [3.8, 4) is 0 Å². The Morgan fingerprint density at radius 1 is 1.40 bits per heavy atom. The first-order valence-corrected chi connectivity index (χ1v) is 5.71. The molecule has 1 aliphatic rings. The van der Waals surface area contributed by atoms with E-state index in [1.165, 1.54) is 6.07 Å². The van der Waals surface area contributed by atoms with Crippen LogP contribution in [0.25, 0.3) is 0 Å². The first-order chi connectivity index (χ1) is 7.16. The van der Waals surface area contributed by atoms with Gasteiger partial charge in [0.2, 0.25) is 0 Å². The zero-order valence-corrected chi connectivity index (χ0v) is 9.52. The highest BCUT2D eigenvalue weighted by Gasteiger charge is 2.23. The molecule has 15 heavy (non-hydrogen) atoms. The summed E-state index contributed by atoms with van der Waals surface area (Å²) < 4.78 is 13.2. The van der Waals surface area contributed by atoms with Crippen LogP contribution in [0.3, 0.4) is 0 Å². The Labute approximate surface area is 94.6 Å². The lowest BCUT2D eigenvalue weighted by Gasteiger charge is -2.30. The number of nitrogens with one attached hydrogen (secondary N) is 1. The molecule has 1 fully saturated rings. The Bertz CT molecular complexity index is 333. The van der Waals surface area contributed by atoms with Crippen molar-refractivity contribution in [3.63, 3.8) is 0 Å². The van der Waals surface area contributed by atoms with Gasteiger partial charge in [0.15, 0.2) is 0 Å². The molecule has 1 heterocycles. The van der Waals surface area contributed by atoms with Crippen LogP contribution in [0, 0.1) is 11.7 Å². The van der Waals surface area contributed by atoms with E-state index < -0.39 is 0 Å². The second-order valence-corrected chi connectivity index (χ2v) is 4.72. The van der Waals surface area contributed by atoms with Gasteiger partial charge in [-0.05, 0) is 55.1 Å². The van der Waals surface area contributed by atoms with Crippen LogP contribution in [0.5, 0.6) is 0 Å². The van der Waals surface area contributed by atoms with Gasteiger partial charge in [0.1, 0.15) is 5.82 Å². The van der Waals surface area contributed by atoms with E-state index in [0.717, 1.165) is 25.1 Å². The van der Waals surface area contributed by atoms with Gasteiger partial charge in [-0.25, -0.2) is 4.39 Å². The predicted molar refractivity (Wildman–Crippen MR) is 60.8 cm³/mol. The zero-order valence-electron chi connectivity index (χ0n) is 8.76. The van der Waals surface area contributed by atoms with E-state index in [1.54, 1.807) is 6.07 Å². The second-order valence-electron chi connectivity index (χ2n) is 4.28. The summed E-state index contributed by atoms with van der Waals surface area (Å²) in [7, 11) is 0. The first-order valence-electron chi connectivity index (χ1n) is 5.33. The van der Waals surface area contributed by atoms with E-state index in [2.05, 4.69) is 12.2 Å². The molecular formula is C12H15ClFN. The van der Waals surface area contributed by atoms with E-state index in [-0.39, 0.29) is 5.82 Å². The summed E-state index contributed by atoms with van der Waals surface area (Å²) in [5, 5.41) is 3.83. The maximum Gasteiger partial charge on any atom is 0.124 e. The van der Waals surface area contributed by atoms with Crippen molar-refractivity contribution in [2.24, 2.45) is 5.92 Å². The number of hydrogen-bond donors (Lipinski definition) is 1. The maximum absolute atomic E-state index is 13.2. The molecule has 1 aliphatic heterocycles. The van der Waals surface area contributed by atoms with Crippen molar-refractivity contribution in [1.82, 2.24) is 5.32 Å². The molecule has 1 aromatic rings. The van der Waals surface area contributed by atoms with Crippen LogP contribution in [0.2, 0.25) is 5.02 Å². The van der Waals surface area contributed by atoms with Crippen LogP contribution < -0.4 is 5.32 Å². The van der Waals surface area contributed by atoms with Crippen LogP contribution in [0.15, 0.2) is 18.2 Å². The minimum absolute atomic E-state index is 0.233. The topological polar surface area (TPSA) is 12.0 Å². The fraction of sp³-hybridized carbons (Fsp3) is 0.500. The fourth-order valence-corrected chi connectivity index (χ4v) is 2.53. The van der Waals surface area contributed by atoms with Crippen molar-refractivity contribution in [2.75, 3.05) is 13.1 Å². The molecule has 1 aromatic carbocycles. The standard InChI is InChI=1S/C12H15ClFN/c1-8-7-15-3-2-12(8)9-4-10(13)6-11(14)5-9/h4-6,8,12,15H,2-3,7H2,1H3. The second kappa shape index (κ2) is 4.50. The van der Waals surface area contributed by atoms with Gasteiger partial charge in [-0.1, -0.05) is 18.5 Å². The Morgan fingerprint density at radius 2 is 2.20 bits per heavy atom. The SMILES string of the molecule is CC1CNCCC1c1cc(F)cc(Cl)c1. The van der Waals surface area contributed by atoms with E-state index in [1.807, 2.05) is 6.07 Å². The summed E-state index contributed by atoms with van der Waals surface area (Å²) in [6, 6.07) is 4.85. The number of hydrogen-bond acceptors (Lipinski definition) is 1. The molecule has 0 bridgehead atoms. The van der Waals surface area contributed by atoms with Gasteiger partial charge >= 0.3 is 0 Å². The molecule has 1 N–H and O–H groups in total. The molecule has 0 radical (unpaired) electrons. The van der Waals surface area contributed by atoms with Gasteiger partial charge in [-0.2, -0.15) is 0 Å². The molecular weight excluding hydrogens is 213 g/mol. The van der Waals surface area contributed by atoms with Crippen molar-refractivity contribution in [3.05, 3.63) is 34.6 Å². The van der Waals surface area contributed by atoms with Crippen molar-refractivity contribution < 1.29 is 4.39 Å². The number of halogens is 2. The first kappa shape index (κ1) is 10.9. The molecule has 3 heteroatoms. The largest absolute Gasteiger partial charge is 0.316 e. The summed E-state index contributed by atoms with van der Waals surface area (Å²) in [6.45, 7) is 4.19. The molecule has 82 valence electrons. The highest BCUT2D eigenvalue weighted by Crippen LogP contribution is 2.31. The number of piperidine rings is 1. The minimum atomic E-state index is -0.233. The molecule has 1 nitrogen and oxygen atoms in total. The molecule has 2 unspecified atom stereocenters. The van der Waals surface area contributed by atoms with Gasteiger partial charge in [-0.15, -0.1) is 0 Å². The maximum atomic E-state index is 13.2. The summed E-state index contributed by atoms with van der Waals surface area (Å²) in [4.78, 5) is 0. The van der Waals surface area contributed by atoms with Gasteiger partial charge in [0, 0.05) is 5.02 Å². The quantitative estimate of drug-likeness (QED) is 0.777. The number of rotatable bonds is 1. The Balaban J connectivity index is 2.27. The van der Waals surface area contributed by atoms with Crippen molar-refractivity contribution >= 4 is 11.6 Å². The monoisotopic (exact) mass is 227 g/mol. The summed E-state index contributed by atoms with van der Waals surface area (Å²) >= 11 is 5.86. The molecule has 0 saturated carbocycles. The molecule has 1 saturated heterocycles. The van der Waals surface area contributed by atoms with Gasteiger partial charge in [0.25, 0.3) is 0 Å². The lowest BCUT2D eigenvalue weighted by Crippen LogP contribution is -2.33. The van der Waals surface area contributed by atoms with E-state index >= 15 is 0 Å². The van der Waals surface area contributed by atoms with Gasteiger partial charge in [-0.3, -0.25) is 0 Å². The average molecular weight is 228 g/mol. The Kier molecular flexibility index (Phi) is 3.27. The zero-order chi connectivity index (χ0) is 10.8. The highest BCUT2D eigenvalue weighted by atomic mass is 35.5. The molecule has 0 spiro atoms. The Hall–Kier alpha value is -0.600. The minimum Gasteiger partial charge on any atom is -0.316 e. The van der Waals surface area contributed by atoms with Crippen LogP contribution >= 0.6 is 11.6 Å². The third-order valence-corrected chi connectivity index (χ3v) is 3.32. The average Bonchev–Trinajstić information content (AvgIpc) is 2.16. The van der Waals surface area contributed by atoms with Crippen molar-refractivity contribution in [2.45, 2.75) is 19.3 Å². The summed E-state index contributed by atoms with van der Waals surface area (Å²) in [6.07, 6.45) is 1.06. The summed E-state index contributed by atoms with van der Waals surface area (Å²) in [5.41, 5.74) is 1.04. The van der Waals surface area contributed by atoms with Gasteiger partial charge < -0.3 is 5.32 Å². The molecule has 0 amide bonds. The third-order valence-electron chi connectivity index (χ3n) is 3.10. The summed E-state index contributed by atoms with van der Waals surface area (Å²) in [5.74, 6) is 0.735. The van der Waals surface area contributed by atoms with Crippen LogP contribution in [0.4, 0.5) is 4.39 Å². The Morgan fingerprint density at radius 3 is 2.87 bits per heavy atom.